The molecule has 0 heterocycles. The molecule has 118 heavy (non-hydrogen) atoms. The first kappa shape index (κ1) is 71.6. The van der Waals surface area contributed by atoms with Crippen molar-refractivity contribution in [1.82, 2.24) is 0 Å². The van der Waals surface area contributed by atoms with Crippen molar-refractivity contribution < 1.29 is 0 Å². The van der Waals surface area contributed by atoms with Crippen LogP contribution in [0.2, 0.25) is 0 Å². The van der Waals surface area contributed by atoms with E-state index in [4.69, 9.17) is 0 Å². The summed E-state index contributed by atoms with van der Waals surface area (Å²) in [6.45, 7) is 0. The van der Waals surface area contributed by atoms with Gasteiger partial charge in [-0.2, -0.15) is 0 Å². The molecule has 0 spiro atoms. The predicted octanol–water partition coefficient (Wildman–Crippen LogP) is 32.7. The van der Waals surface area contributed by atoms with Gasteiger partial charge in [-0.1, -0.05) is 376 Å². The Kier molecular flexibility index (Phi) is 19.5. The molecule has 0 amide bonds. The SMILES string of the molecule is c1ccc(-c2ccc(N(c3ccc(-c4cc(-c5ccc6ccccc6c5)ccc4-c4ccc5ccccc5c4)cc3)c3ccc(-c4cccc5ccccc45)cc3)cc2)cc1.c1ccc(-c2ccc(N(c3ccc(-c4ccccc4)cc3)c3ccc(-c4cc(-c5ccc6ccccc6c5)ccc4-c4ccc5ccccc5c4)cc3)cc2)cc1. The van der Waals surface area contributed by atoms with Crippen molar-refractivity contribution in [2.75, 3.05) is 9.80 Å². The summed E-state index contributed by atoms with van der Waals surface area (Å²) in [7, 11) is 0. The molecule has 21 aromatic carbocycles. The van der Waals surface area contributed by atoms with Crippen LogP contribution in [0.1, 0.15) is 0 Å². The average Bonchev–Trinajstić information content (AvgIpc) is 0.779. The van der Waals surface area contributed by atoms with Crippen molar-refractivity contribution in [3.8, 4) is 111 Å². The minimum absolute atomic E-state index is 1.09. The molecule has 2 nitrogen and oxygen atoms in total. The van der Waals surface area contributed by atoms with Crippen LogP contribution in [-0.4, -0.2) is 0 Å². The fraction of sp³-hybridized carbons (Fsp3) is 0. The minimum atomic E-state index is 1.09. The average molecular weight is 1500 g/mol. The Morgan fingerprint density at radius 1 is 0.102 bits per heavy atom. The van der Waals surface area contributed by atoms with Crippen LogP contribution in [0, 0.1) is 0 Å². The van der Waals surface area contributed by atoms with E-state index in [9.17, 15) is 0 Å². The quantitative estimate of drug-likeness (QED) is 0.0951. The molecule has 0 aromatic heterocycles. The van der Waals surface area contributed by atoms with Crippen molar-refractivity contribution >= 4 is 88.0 Å². The lowest BCUT2D eigenvalue weighted by atomic mass is 9.89. The molecule has 0 unspecified atom stereocenters. The van der Waals surface area contributed by atoms with E-state index in [0.29, 0.717) is 0 Å². The summed E-state index contributed by atoms with van der Waals surface area (Å²) >= 11 is 0. The lowest BCUT2D eigenvalue weighted by molar-refractivity contribution is 1.28. The Morgan fingerprint density at radius 2 is 0.322 bits per heavy atom. The molecule has 0 saturated heterocycles. The summed E-state index contributed by atoms with van der Waals surface area (Å²) in [5.41, 5.74) is 30.6. The van der Waals surface area contributed by atoms with Crippen molar-refractivity contribution in [3.05, 3.63) is 485 Å². The van der Waals surface area contributed by atoms with Crippen molar-refractivity contribution in [2.45, 2.75) is 0 Å². The Hall–Kier alpha value is -15.5. The van der Waals surface area contributed by atoms with Gasteiger partial charge in [-0.3, -0.25) is 0 Å². The summed E-state index contributed by atoms with van der Waals surface area (Å²) in [5.74, 6) is 0. The van der Waals surface area contributed by atoms with E-state index < -0.39 is 0 Å². The topological polar surface area (TPSA) is 6.48 Å². The minimum Gasteiger partial charge on any atom is -0.311 e. The monoisotopic (exact) mass is 1500 g/mol. The van der Waals surface area contributed by atoms with E-state index in [1.54, 1.807) is 0 Å². The Balaban J connectivity index is 0.000000152. The van der Waals surface area contributed by atoms with E-state index in [2.05, 4.69) is 495 Å². The maximum atomic E-state index is 2.37. The van der Waals surface area contributed by atoms with Crippen molar-refractivity contribution in [1.29, 1.82) is 0 Å². The molecule has 2 heteroatoms. The summed E-state index contributed by atoms with van der Waals surface area (Å²) in [4.78, 5) is 4.71. The molecule has 0 bridgehead atoms. The fourth-order valence-corrected chi connectivity index (χ4v) is 16.9. The van der Waals surface area contributed by atoms with Gasteiger partial charge in [-0.15, -0.1) is 0 Å². The van der Waals surface area contributed by atoms with Crippen LogP contribution in [0.25, 0.3) is 165 Å². The zero-order valence-electron chi connectivity index (χ0n) is 65.1. The highest BCUT2D eigenvalue weighted by molar-refractivity contribution is 6.00. The molecule has 0 aliphatic heterocycles. The second-order valence-corrected chi connectivity index (χ2v) is 30.3. The molecule has 554 valence electrons. The van der Waals surface area contributed by atoms with E-state index in [1.165, 1.54) is 165 Å². The van der Waals surface area contributed by atoms with Crippen LogP contribution in [0.5, 0.6) is 0 Å². The van der Waals surface area contributed by atoms with Gasteiger partial charge in [0.2, 0.25) is 0 Å². The normalized spacial score (nSPS) is 11.2. The molecule has 0 fully saturated rings. The molecular formula is C116H80N2. The molecule has 0 aliphatic carbocycles. The molecule has 21 rings (SSSR count). The van der Waals surface area contributed by atoms with Crippen LogP contribution >= 0.6 is 0 Å². The fourth-order valence-electron chi connectivity index (χ4n) is 16.9. The highest BCUT2D eigenvalue weighted by Gasteiger charge is 2.20. The molecule has 0 atom stereocenters. The van der Waals surface area contributed by atoms with Gasteiger partial charge < -0.3 is 9.80 Å². The van der Waals surface area contributed by atoms with Gasteiger partial charge in [-0.25, -0.2) is 0 Å². The van der Waals surface area contributed by atoms with Crippen LogP contribution in [0.15, 0.2) is 485 Å². The van der Waals surface area contributed by atoms with Gasteiger partial charge in [0.05, 0.1) is 0 Å². The highest BCUT2D eigenvalue weighted by atomic mass is 15.1. The first-order valence-electron chi connectivity index (χ1n) is 40.6. The zero-order chi connectivity index (χ0) is 78.5. The van der Waals surface area contributed by atoms with Gasteiger partial charge in [0, 0.05) is 34.1 Å². The molecule has 0 saturated carbocycles. The second kappa shape index (κ2) is 32.2. The maximum absolute atomic E-state index is 2.37. The second-order valence-electron chi connectivity index (χ2n) is 30.3. The standard InChI is InChI=1S/C60H41N.C56H39N/c1-2-11-42(12-3-1)45-25-32-54(33-26-45)61(55-34-27-47(28-35-55)58-20-10-18-46-15-8-9-19-57(46)58)56-36-29-48(30-37-56)60-41-52(51-23-21-43-13-4-6-16-49(43)39-51)31-38-59(60)53-24-22-44-14-5-7-17-50(44)40-53;1-3-11-40(12-4-1)44-23-30-52(31-24-44)57(53-32-25-45(26-33-53)41-13-5-2-6-14-41)54-34-27-46(28-35-54)56-39-50(49-21-19-42-15-7-9-17-47(42)37-49)29-36-55(56)51-22-20-43-16-8-10-18-48(43)38-51/h1-41H;1-39H. The van der Waals surface area contributed by atoms with E-state index in [-0.39, 0.29) is 0 Å². The van der Waals surface area contributed by atoms with E-state index >= 15 is 0 Å². The number of anilines is 6. The first-order valence-corrected chi connectivity index (χ1v) is 40.6. The first-order chi connectivity index (χ1) is 58.4. The highest BCUT2D eigenvalue weighted by Crippen LogP contribution is 2.45. The Labute approximate surface area is 689 Å². The number of hydrogen-bond donors (Lipinski definition) is 0. The smallest absolute Gasteiger partial charge is 0.0462 e. The molecule has 0 aliphatic rings. The van der Waals surface area contributed by atoms with Gasteiger partial charge >= 0.3 is 0 Å². The van der Waals surface area contributed by atoms with Crippen molar-refractivity contribution in [3.63, 3.8) is 0 Å². The van der Waals surface area contributed by atoms with Crippen molar-refractivity contribution in [2.24, 2.45) is 0 Å². The third-order valence-electron chi connectivity index (χ3n) is 23.1. The summed E-state index contributed by atoms with van der Waals surface area (Å²) < 4.78 is 0. The van der Waals surface area contributed by atoms with Crippen LogP contribution in [0.3, 0.4) is 0 Å². The number of fused-ring (bicyclic) bond motifs is 5. The summed E-state index contributed by atoms with van der Waals surface area (Å²) in [5, 5.41) is 12.4. The van der Waals surface area contributed by atoms with Gasteiger partial charge in [0.1, 0.15) is 0 Å². The maximum Gasteiger partial charge on any atom is 0.0462 e. The van der Waals surface area contributed by atoms with Crippen LogP contribution in [-0.2, 0) is 0 Å². The van der Waals surface area contributed by atoms with Gasteiger partial charge in [0.15, 0.2) is 0 Å². The third-order valence-corrected chi connectivity index (χ3v) is 23.1. The number of hydrogen-bond acceptors (Lipinski definition) is 2. The van der Waals surface area contributed by atoms with Crippen LogP contribution in [0.4, 0.5) is 34.1 Å². The molecule has 0 N–H and O–H groups in total. The van der Waals surface area contributed by atoms with E-state index in [0.717, 1.165) is 34.1 Å². The summed E-state index contributed by atoms with van der Waals surface area (Å²) in [6.07, 6.45) is 0. The lowest BCUT2D eigenvalue weighted by Crippen LogP contribution is -2.09. The largest absolute Gasteiger partial charge is 0.311 e. The lowest BCUT2D eigenvalue weighted by Gasteiger charge is -2.26. The molecular weight excluding hydrogens is 1420 g/mol. The Morgan fingerprint density at radius 3 is 0.653 bits per heavy atom. The summed E-state index contributed by atoms with van der Waals surface area (Å²) in [6, 6.07) is 176. The predicted molar refractivity (Wildman–Crippen MR) is 504 cm³/mol. The molecule has 0 radical (unpaired) electrons. The van der Waals surface area contributed by atoms with Crippen LogP contribution < -0.4 is 9.80 Å². The number of nitrogens with zero attached hydrogens (tertiary/aromatic N) is 2. The van der Waals surface area contributed by atoms with E-state index in [1.807, 2.05) is 0 Å². The third kappa shape index (κ3) is 14.8. The van der Waals surface area contributed by atoms with Gasteiger partial charge in [-0.05, 0) is 274 Å². The molecule has 21 aromatic rings. The number of benzene rings is 21. The zero-order valence-corrected chi connectivity index (χ0v) is 65.1. The van der Waals surface area contributed by atoms with Gasteiger partial charge in [0.25, 0.3) is 0 Å². The number of rotatable bonds is 16. The Bertz CT molecular complexity index is 7070.